The third-order valence-corrected chi connectivity index (χ3v) is 1.84. The maximum absolute atomic E-state index is 9.55. The van der Waals surface area contributed by atoms with Crippen molar-refractivity contribution in [2.45, 2.75) is 39.0 Å². The van der Waals surface area contributed by atoms with Crippen molar-refractivity contribution in [1.82, 2.24) is 5.53 Å². The number of nitroso groups, excluding NO2 is 1. The van der Waals surface area contributed by atoms with Crippen molar-refractivity contribution in [3.63, 3.8) is 0 Å². The van der Waals surface area contributed by atoms with Gasteiger partial charge in [0, 0.05) is 6.21 Å². The normalized spacial score (nSPS) is 11.8. The lowest BCUT2D eigenvalue weighted by Crippen LogP contribution is -1.89. The Morgan fingerprint density at radius 2 is 2.00 bits per heavy atom. The molecule has 0 fully saturated rings. The summed E-state index contributed by atoms with van der Waals surface area (Å²) in [6.07, 6.45) is 15.5. The fraction of sp³-hybridized carbons (Fsp3) is 0.545. The Kier molecular flexibility index (Phi) is 11.3. The van der Waals surface area contributed by atoms with Gasteiger partial charge in [-0.3, -0.25) is 0 Å². The molecule has 0 aliphatic heterocycles. The molecule has 1 N–H and O–H groups in total. The number of allylic oxidation sites excluding steroid dienone is 4. The molecule has 0 aliphatic rings. The standard InChI is InChI=1S/C11H19N3O/c1-2-3-4-5-6-7-8-9-10-11-12-13-14-15/h7-11H,2-6H2,1H3,(H,13,15). The molecule has 0 saturated heterocycles. The Bertz CT molecular complexity index is 222. The summed E-state index contributed by atoms with van der Waals surface area (Å²) in [4.78, 5) is 9.55. The Morgan fingerprint density at radius 1 is 1.13 bits per heavy atom. The zero-order valence-corrected chi connectivity index (χ0v) is 9.22. The average molecular weight is 209 g/mol. The average Bonchev–Trinajstić information content (AvgIpc) is 2.26. The quantitative estimate of drug-likeness (QED) is 0.208. The van der Waals surface area contributed by atoms with E-state index >= 15 is 0 Å². The van der Waals surface area contributed by atoms with Gasteiger partial charge in [0.15, 0.2) is 0 Å². The van der Waals surface area contributed by atoms with Gasteiger partial charge in [-0.2, -0.15) is 10.6 Å². The first-order valence-electron chi connectivity index (χ1n) is 5.34. The largest absolute Gasteiger partial charge is 0.164 e. The monoisotopic (exact) mass is 209 g/mol. The highest BCUT2D eigenvalue weighted by Gasteiger charge is 1.82. The predicted molar refractivity (Wildman–Crippen MR) is 64.5 cm³/mol. The minimum Gasteiger partial charge on any atom is -0.164 e. The van der Waals surface area contributed by atoms with E-state index in [9.17, 15) is 4.91 Å². The number of unbranched alkanes of at least 4 members (excludes halogenated alkanes) is 4. The molecule has 0 radical (unpaired) electrons. The fourth-order valence-electron chi connectivity index (χ4n) is 1.08. The summed E-state index contributed by atoms with van der Waals surface area (Å²) >= 11 is 0. The highest BCUT2D eigenvalue weighted by atomic mass is 16.3. The SMILES string of the molecule is CCCCCCC=CC=CC=NNN=O. The molecule has 0 aromatic heterocycles. The van der Waals surface area contributed by atoms with Crippen LogP contribution in [-0.4, -0.2) is 6.21 Å². The molecule has 15 heavy (non-hydrogen) atoms. The molecule has 0 aromatic rings. The predicted octanol–water partition coefficient (Wildman–Crippen LogP) is 3.33. The van der Waals surface area contributed by atoms with Crippen LogP contribution in [0.2, 0.25) is 0 Å². The Labute approximate surface area is 91.1 Å². The lowest BCUT2D eigenvalue weighted by Gasteiger charge is -1.92. The molecule has 0 aliphatic carbocycles. The van der Waals surface area contributed by atoms with E-state index in [1.807, 2.05) is 17.7 Å². The summed E-state index contributed by atoms with van der Waals surface area (Å²) in [5.41, 5.74) is 1.94. The van der Waals surface area contributed by atoms with Crippen LogP contribution in [0.5, 0.6) is 0 Å². The van der Waals surface area contributed by atoms with Gasteiger partial charge in [-0.05, 0) is 18.9 Å². The van der Waals surface area contributed by atoms with Crippen molar-refractivity contribution in [3.05, 3.63) is 29.2 Å². The molecule has 0 spiro atoms. The zero-order chi connectivity index (χ0) is 11.2. The molecular formula is C11H19N3O. The van der Waals surface area contributed by atoms with E-state index in [-0.39, 0.29) is 0 Å². The third-order valence-electron chi connectivity index (χ3n) is 1.84. The van der Waals surface area contributed by atoms with Crippen LogP contribution in [-0.2, 0) is 0 Å². The van der Waals surface area contributed by atoms with E-state index in [4.69, 9.17) is 0 Å². The summed E-state index contributed by atoms with van der Waals surface area (Å²) in [6, 6.07) is 0. The summed E-state index contributed by atoms with van der Waals surface area (Å²) in [7, 11) is 0. The van der Waals surface area contributed by atoms with Crippen LogP contribution in [0.4, 0.5) is 0 Å². The minimum absolute atomic E-state index is 1.12. The molecule has 0 unspecified atom stereocenters. The van der Waals surface area contributed by atoms with Crippen LogP contribution < -0.4 is 5.53 Å². The van der Waals surface area contributed by atoms with Crippen molar-refractivity contribution >= 4 is 6.21 Å². The first-order chi connectivity index (χ1) is 7.41. The first-order valence-corrected chi connectivity index (χ1v) is 5.34. The van der Waals surface area contributed by atoms with E-state index in [1.54, 1.807) is 6.08 Å². The van der Waals surface area contributed by atoms with Gasteiger partial charge >= 0.3 is 0 Å². The highest BCUT2D eigenvalue weighted by molar-refractivity contribution is 5.71. The fourth-order valence-corrected chi connectivity index (χ4v) is 1.08. The van der Waals surface area contributed by atoms with Gasteiger partial charge in [0.2, 0.25) is 0 Å². The number of hydrogen-bond donors (Lipinski definition) is 1. The van der Waals surface area contributed by atoms with Crippen LogP contribution in [0.15, 0.2) is 34.7 Å². The Hall–Kier alpha value is -1.45. The third kappa shape index (κ3) is 12.5. The van der Waals surface area contributed by atoms with E-state index < -0.39 is 0 Å². The molecule has 0 aromatic carbocycles. The van der Waals surface area contributed by atoms with Crippen LogP contribution in [0.25, 0.3) is 0 Å². The summed E-state index contributed by atoms with van der Waals surface area (Å²) in [6.45, 7) is 2.21. The molecule has 84 valence electrons. The summed E-state index contributed by atoms with van der Waals surface area (Å²) in [5.74, 6) is 0. The second-order valence-electron chi connectivity index (χ2n) is 3.13. The molecule has 4 heteroatoms. The van der Waals surface area contributed by atoms with Crippen LogP contribution in [0.1, 0.15) is 39.0 Å². The number of hydrogen-bond acceptors (Lipinski definition) is 3. The van der Waals surface area contributed by atoms with Crippen LogP contribution in [0.3, 0.4) is 0 Å². The lowest BCUT2D eigenvalue weighted by atomic mass is 10.1. The lowest BCUT2D eigenvalue weighted by molar-refractivity contribution is 0.674. The van der Waals surface area contributed by atoms with Gasteiger partial charge in [0.1, 0.15) is 0 Å². The topological polar surface area (TPSA) is 53.8 Å². The van der Waals surface area contributed by atoms with Crippen molar-refractivity contribution < 1.29 is 0 Å². The van der Waals surface area contributed by atoms with Gasteiger partial charge in [-0.15, -0.1) is 4.91 Å². The first kappa shape index (κ1) is 13.5. The smallest absolute Gasteiger partial charge is 0.0722 e. The number of hydrazone groups is 1. The van der Waals surface area contributed by atoms with Crippen molar-refractivity contribution in [3.8, 4) is 0 Å². The maximum Gasteiger partial charge on any atom is 0.0722 e. The highest BCUT2D eigenvalue weighted by Crippen LogP contribution is 2.02. The molecule has 0 bridgehead atoms. The van der Waals surface area contributed by atoms with E-state index in [0.29, 0.717) is 0 Å². The van der Waals surface area contributed by atoms with E-state index in [0.717, 1.165) is 6.42 Å². The van der Waals surface area contributed by atoms with Gasteiger partial charge in [0.05, 0.1) is 5.29 Å². The Morgan fingerprint density at radius 3 is 2.73 bits per heavy atom. The number of nitrogens with zero attached hydrogens (tertiary/aromatic N) is 2. The van der Waals surface area contributed by atoms with Gasteiger partial charge in [0.25, 0.3) is 0 Å². The number of nitrogens with one attached hydrogen (secondary N) is 1. The minimum atomic E-state index is 1.12. The molecule has 0 rings (SSSR count). The second kappa shape index (κ2) is 12.6. The van der Waals surface area contributed by atoms with E-state index in [1.165, 1.54) is 31.9 Å². The molecule has 0 saturated carbocycles. The van der Waals surface area contributed by atoms with Crippen LogP contribution in [0, 0.1) is 4.91 Å². The Balaban J connectivity index is 3.32. The molecular weight excluding hydrogens is 190 g/mol. The zero-order valence-electron chi connectivity index (χ0n) is 9.22. The molecule has 0 heterocycles. The molecule has 4 nitrogen and oxygen atoms in total. The maximum atomic E-state index is 9.55. The van der Waals surface area contributed by atoms with E-state index in [2.05, 4.69) is 23.4 Å². The summed E-state index contributed by atoms with van der Waals surface area (Å²) < 4.78 is 0. The summed E-state index contributed by atoms with van der Waals surface area (Å²) in [5, 5.41) is 5.83. The van der Waals surface area contributed by atoms with Gasteiger partial charge in [-0.25, -0.2) is 0 Å². The molecule has 0 amide bonds. The van der Waals surface area contributed by atoms with Gasteiger partial charge < -0.3 is 0 Å². The van der Waals surface area contributed by atoms with Crippen LogP contribution >= 0.6 is 0 Å². The van der Waals surface area contributed by atoms with Crippen molar-refractivity contribution in [1.29, 1.82) is 0 Å². The molecule has 0 atom stereocenters. The number of rotatable bonds is 9. The second-order valence-corrected chi connectivity index (χ2v) is 3.13. The van der Waals surface area contributed by atoms with Crippen molar-refractivity contribution in [2.24, 2.45) is 10.4 Å². The van der Waals surface area contributed by atoms with Gasteiger partial charge in [-0.1, -0.05) is 44.4 Å². The van der Waals surface area contributed by atoms with Crippen molar-refractivity contribution in [2.75, 3.05) is 0 Å².